The van der Waals surface area contributed by atoms with Gasteiger partial charge >= 0.3 is 0 Å². The van der Waals surface area contributed by atoms with Crippen LogP contribution in [-0.2, 0) is 0 Å². The van der Waals surface area contributed by atoms with Gasteiger partial charge in [0.25, 0.3) is 5.91 Å². The number of carbonyl (C=O) groups excluding carboxylic acids is 1. The van der Waals surface area contributed by atoms with Crippen LogP contribution in [0.2, 0.25) is 0 Å². The number of hydrogen-bond donors (Lipinski definition) is 1. The molecule has 0 aliphatic rings. The number of rotatable bonds is 5. The summed E-state index contributed by atoms with van der Waals surface area (Å²) >= 11 is 0. The predicted octanol–water partition coefficient (Wildman–Crippen LogP) is 4.02. The Bertz CT molecular complexity index is 904. The first-order valence-corrected chi connectivity index (χ1v) is 7.68. The second-order valence-electron chi connectivity index (χ2n) is 5.42. The highest BCUT2D eigenvalue weighted by atomic mass is 16.5. The third kappa shape index (κ3) is 2.98. The molecule has 0 fully saturated rings. The maximum absolute atomic E-state index is 12.6. The molecular formula is C19H19NO5. The summed E-state index contributed by atoms with van der Waals surface area (Å²) in [5, 5.41) is 3.73. The van der Waals surface area contributed by atoms with Crippen molar-refractivity contribution in [3.8, 4) is 17.2 Å². The molecule has 0 aliphatic heterocycles. The Morgan fingerprint density at radius 2 is 1.64 bits per heavy atom. The lowest BCUT2D eigenvalue weighted by atomic mass is 10.1. The van der Waals surface area contributed by atoms with Crippen molar-refractivity contribution in [1.29, 1.82) is 0 Å². The van der Waals surface area contributed by atoms with Crippen LogP contribution in [0.25, 0.3) is 11.0 Å². The van der Waals surface area contributed by atoms with Crippen molar-refractivity contribution in [2.75, 3.05) is 26.6 Å². The highest BCUT2D eigenvalue weighted by Gasteiger charge is 2.19. The topological polar surface area (TPSA) is 69.9 Å². The van der Waals surface area contributed by atoms with E-state index in [1.165, 1.54) is 21.3 Å². The van der Waals surface area contributed by atoms with Gasteiger partial charge in [0, 0.05) is 28.8 Å². The molecule has 0 aliphatic carbocycles. The van der Waals surface area contributed by atoms with Crippen LogP contribution in [0.4, 0.5) is 5.69 Å². The molecule has 1 heterocycles. The minimum Gasteiger partial charge on any atom is -0.493 e. The first-order valence-electron chi connectivity index (χ1n) is 7.68. The summed E-state index contributed by atoms with van der Waals surface area (Å²) in [5.74, 6) is 1.30. The third-order valence-electron chi connectivity index (χ3n) is 3.97. The van der Waals surface area contributed by atoms with Crippen molar-refractivity contribution in [1.82, 2.24) is 0 Å². The van der Waals surface area contributed by atoms with Gasteiger partial charge in [-0.1, -0.05) is 18.2 Å². The quantitative estimate of drug-likeness (QED) is 0.759. The lowest BCUT2D eigenvalue weighted by molar-refractivity contribution is 0.0998. The Morgan fingerprint density at radius 3 is 2.20 bits per heavy atom. The highest BCUT2D eigenvalue weighted by molar-refractivity contribution is 6.06. The van der Waals surface area contributed by atoms with Gasteiger partial charge in [-0.25, -0.2) is 0 Å². The van der Waals surface area contributed by atoms with Crippen LogP contribution in [0.1, 0.15) is 16.1 Å². The molecule has 25 heavy (non-hydrogen) atoms. The predicted molar refractivity (Wildman–Crippen MR) is 95.0 cm³/mol. The molecule has 1 aromatic heterocycles. The Morgan fingerprint density at radius 1 is 1.00 bits per heavy atom. The van der Waals surface area contributed by atoms with Crippen molar-refractivity contribution in [2.24, 2.45) is 0 Å². The molecule has 6 nitrogen and oxygen atoms in total. The van der Waals surface area contributed by atoms with Crippen molar-refractivity contribution in [3.05, 3.63) is 47.7 Å². The van der Waals surface area contributed by atoms with Gasteiger partial charge < -0.3 is 23.9 Å². The third-order valence-corrected chi connectivity index (χ3v) is 3.97. The number of methoxy groups -OCH3 is 3. The molecule has 0 bridgehead atoms. The maximum Gasteiger partial charge on any atom is 0.291 e. The minimum atomic E-state index is -0.344. The van der Waals surface area contributed by atoms with Gasteiger partial charge in [0.1, 0.15) is 5.58 Å². The van der Waals surface area contributed by atoms with Gasteiger partial charge in [0.15, 0.2) is 17.3 Å². The molecule has 0 atom stereocenters. The van der Waals surface area contributed by atoms with E-state index in [0.717, 1.165) is 10.9 Å². The van der Waals surface area contributed by atoms with Gasteiger partial charge in [-0.05, 0) is 13.0 Å². The summed E-state index contributed by atoms with van der Waals surface area (Å²) in [7, 11) is 4.56. The monoisotopic (exact) mass is 341 g/mol. The number of aryl methyl sites for hydroxylation is 1. The normalized spacial score (nSPS) is 10.6. The lowest BCUT2D eigenvalue weighted by Gasteiger charge is -2.14. The van der Waals surface area contributed by atoms with Crippen molar-refractivity contribution in [2.45, 2.75) is 6.92 Å². The smallest absolute Gasteiger partial charge is 0.291 e. The van der Waals surface area contributed by atoms with Gasteiger partial charge in [-0.3, -0.25) is 4.79 Å². The molecule has 6 heteroatoms. The number of nitrogens with one attached hydrogen (secondary N) is 1. The number of ether oxygens (including phenoxy) is 3. The summed E-state index contributed by atoms with van der Waals surface area (Å²) in [6, 6.07) is 10.9. The summed E-state index contributed by atoms with van der Waals surface area (Å²) in [6.45, 7) is 1.86. The van der Waals surface area contributed by atoms with E-state index in [9.17, 15) is 4.79 Å². The van der Waals surface area contributed by atoms with Crippen LogP contribution in [0.3, 0.4) is 0 Å². The molecule has 0 spiro atoms. The van der Waals surface area contributed by atoms with E-state index in [1.807, 2.05) is 31.2 Å². The first-order chi connectivity index (χ1) is 12.1. The molecule has 0 radical (unpaired) electrons. The average Bonchev–Trinajstić information content (AvgIpc) is 2.98. The maximum atomic E-state index is 12.6. The van der Waals surface area contributed by atoms with E-state index in [1.54, 1.807) is 12.1 Å². The molecule has 1 amide bonds. The van der Waals surface area contributed by atoms with Gasteiger partial charge in [0.2, 0.25) is 5.75 Å². The van der Waals surface area contributed by atoms with Crippen LogP contribution >= 0.6 is 0 Å². The fourth-order valence-electron chi connectivity index (χ4n) is 2.73. The van der Waals surface area contributed by atoms with Crippen LogP contribution in [0.15, 0.2) is 40.8 Å². The van der Waals surface area contributed by atoms with E-state index in [-0.39, 0.29) is 11.7 Å². The largest absolute Gasteiger partial charge is 0.493 e. The number of anilines is 1. The second kappa shape index (κ2) is 6.76. The highest BCUT2D eigenvalue weighted by Crippen LogP contribution is 2.40. The lowest BCUT2D eigenvalue weighted by Crippen LogP contribution is -2.12. The van der Waals surface area contributed by atoms with Crippen LogP contribution < -0.4 is 19.5 Å². The van der Waals surface area contributed by atoms with Crippen LogP contribution in [-0.4, -0.2) is 27.2 Å². The molecule has 0 saturated carbocycles. The number of furan rings is 1. The molecule has 3 aromatic rings. The summed E-state index contributed by atoms with van der Waals surface area (Å²) < 4.78 is 21.6. The van der Waals surface area contributed by atoms with E-state index in [2.05, 4.69) is 5.32 Å². The Balaban J connectivity index is 1.96. The summed E-state index contributed by atoms with van der Waals surface area (Å²) in [5.41, 5.74) is 1.98. The number of fused-ring (bicyclic) bond motifs is 1. The summed E-state index contributed by atoms with van der Waals surface area (Å²) in [4.78, 5) is 12.6. The number of amides is 1. The number of benzene rings is 2. The van der Waals surface area contributed by atoms with Crippen molar-refractivity contribution in [3.63, 3.8) is 0 Å². The van der Waals surface area contributed by atoms with Gasteiger partial charge in [-0.2, -0.15) is 0 Å². The molecule has 0 unspecified atom stereocenters. The zero-order valence-electron chi connectivity index (χ0n) is 14.5. The Kier molecular flexibility index (Phi) is 4.52. The van der Waals surface area contributed by atoms with Crippen molar-refractivity contribution >= 4 is 22.6 Å². The average molecular weight is 341 g/mol. The fraction of sp³-hybridized carbons (Fsp3) is 0.211. The molecule has 1 N–H and O–H groups in total. The molecule has 2 aromatic carbocycles. The second-order valence-corrected chi connectivity index (χ2v) is 5.42. The molecule has 3 rings (SSSR count). The zero-order valence-corrected chi connectivity index (χ0v) is 14.5. The molecule has 0 saturated heterocycles. The molecule has 130 valence electrons. The minimum absolute atomic E-state index is 0.273. The summed E-state index contributed by atoms with van der Waals surface area (Å²) in [6.07, 6.45) is 0. The number of para-hydroxylation sites is 1. The van der Waals surface area contributed by atoms with Crippen LogP contribution in [0, 0.1) is 6.92 Å². The Labute approximate surface area is 145 Å². The Hall–Kier alpha value is -3.15. The molecular weight excluding hydrogens is 322 g/mol. The van der Waals surface area contributed by atoms with E-state index < -0.39 is 0 Å². The standard InChI is InChI=1S/C19H19NO5/c1-11-13-7-5-6-8-14(13)25-17(11)19(21)20-12-9-15(22-2)18(24-4)16(10-12)23-3/h5-10H,1-4H3,(H,20,21). The zero-order chi connectivity index (χ0) is 18.0. The SMILES string of the molecule is COc1cc(NC(=O)c2oc3ccccc3c2C)cc(OC)c1OC. The fourth-order valence-corrected chi connectivity index (χ4v) is 2.73. The number of hydrogen-bond acceptors (Lipinski definition) is 5. The first kappa shape index (κ1) is 16.7. The number of carbonyl (C=O) groups is 1. The van der Waals surface area contributed by atoms with Crippen LogP contribution in [0.5, 0.6) is 17.2 Å². The van der Waals surface area contributed by atoms with E-state index in [0.29, 0.717) is 28.5 Å². The van der Waals surface area contributed by atoms with Gasteiger partial charge in [0.05, 0.1) is 21.3 Å². The van der Waals surface area contributed by atoms with Crippen molar-refractivity contribution < 1.29 is 23.4 Å². The van der Waals surface area contributed by atoms with Gasteiger partial charge in [-0.15, -0.1) is 0 Å². The van der Waals surface area contributed by atoms with E-state index in [4.69, 9.17) is 18.6 Å². The van der Waals surface area contributed by atoms with E-state index >= 15 is 0 Å².